The van der Waals surface area contributed by atoms with Crippen LogP contribution in [-0.4, -0.2) is 14.4 Å². The quantitative estimate of drug-likeness (QED) is 0.634. The fourth-order valence-electron chi connectivity index (χ4n) is 1.33. The first-order valence-electron chi connectivity index (χ1n) is 5.68. The Morgan fingerprint density at radius 3 is 2.53 bits per heavy atom. The Hall–Kier alpha value is -0.300. The van der Waals surface area contributed by atoms with Crippen molar-refractivity contribution in [3.63, 3.8) is 0 Å². The van der Waals surface area contributed by atoms with Crippen LogP contribution in [0.4, 0.5) is 0 Å². The molecule has 3 heteroatoms. The van der Waals surface area contributed by atoms with Crippen molar-refractivity contribution >= 4 is 31.9 Å². The lowest BCUT2D eigenvalue weighted by Crippen LogP contribution is -2.28. The number of rotatable bonds is 4. The first kappa shape index (κ1) is 14.8. The van der Waals surface area contributed by atoms with Gasteiger partial charge in [-0.1, -0.05) is 81.7 Å². The van der Waals surface area contributed by atoms with E-state index in [-0.39, 0.29) is 0 Å². The average Bonchev–Trinajstić information content (AvgIpc) is 2.34. The van der Waals surface area contributed by atoms with Crippen LogP contribution in [0.3, 0.4) is 0 Å². The molecule has 1 aromatic rings. The fraction of sp³-hybridized carbons (Fsp3) is 0.429. The molecule has 0 fully saturated rings. The maximum Gasteiger partial charge on any atom is 0.140 e. The summed E-state index contributed by atoms with van der Waals surface area (Å²) < 4.78 is -0.502. The lowest BCUT2D eigenvalue weighted by molar-refractivity contribution is 0.217. The molecular formula is C14H16Br2O. The molecule has 1 aromatic carbocycles. The molecule has 0 saturated heterocycles. The average molecular weight is 360 g/mol. The van der Waals surface area contributed by atoms with Gasteiger partial charge >= 0.3 is 0 Å². The van der Waals surface area contributed by atoms with Crippen molar-refractivity contribution in [3.8, 4) is 11.8 Å². The molecule has 1 nitrogen and oxygen atoms in total. The molecule has 0 spiro atoms. The van der Waals surface area contributed by atoms with Gasteiger partial charge in [0.2, 0.25) is 0 Å². The number of aliphatic hydroxyl groups excluding tert-OH is 1. The van der Waals surface area contributed by atoms with Crippen molar-refractivity contribution in [3.05, 3.63) is 35.9 Å². The van der Waals surface area contributed by atoms with Gasteiger partial charge in [0.05, 0.1) is 0 Å². The SMILES string of the molecule is CCCCC(Br)(Br)[C@H](O)C#Cc1ccccc1. The molecule has 1 rings (SSSR count). The van der Waals surface area contributed by atoms with Gasteiger partial charge in [-0.15, -0.1) is 0 Å². The van der Waals surface area contributed by atoms with Crippen LogP contribution in [0.25, 0.3) is 0 Å². The lowest BCUT2D eigenvalue weighted by Gasteiger charge is -2.22. The van der Waals surface area contributed by atoms with Crippen LogP contribution >= 0.6 is 31.9 Å². The molecule has 0 aliphatic heterocycles. The van der Waals surface area contributed by atoms with Crippen LogP contribution in [-0.2, 0) is 0 Å². The predicted molar refractivity (Wildman–Crippen MR) is 79.4 cm³/mol. The number of halogens is 2. The minimum absolute atomic E-state index is 0.502. The number of hydrogen-bond donors (Lipinski definition) is 1. The number of alkyl halides is 2. The van der Waals surface area contributed by atoms with Crippen molar-refractivity contribution in [2.75, 3.05) is 0 Å². The van der Waals surface area contributed by atoms with Gasteiger partial charge in [-0.25, -0.2) is 0 Å². The monoisotopic (exact) mass is 358 g/mol. The third-order valence-corrected chi connectivity index (χ3v) is 4.05. The Labute approximate surface area is 120 Å². The van der Waals surface area contributed by atoms with Crippen LogP contribution in [0.2, 0.25) is 0 Å². The summed E-state index contributed by atoms with van der Waals surface area (Å²) in [7, 11) is 0. The molecule has 0 aliphatic carbocycles. The molecule has 92 valence electrons. The van der Waals surface area contributed by atoms with Gasteiger partial charge in [0.25, 0.3) is 0 Å². The summed E-state index contributed by atoms with van der Waals surface area (Å²) in [6.45, 7) is 2.12. The van der Waals surface area contributed by atoms with Gasteiger partial charge in [0.1, 0.15) is 9.34 Å². The zero-order valence-corrected chi connectivity index (χ0v) is 13.0. The highest BCUT2D eigenvalue weighted by atomic mass is 79.9. The molecule has 0 unspecified atom stereocenters. The van der Waals surface area contributed by atoms with Gasteiger partial charge in [-0.3, -0.25) is 0 Å². The fourth-order valence-corrected chi connectivity index (χ4v) is 2.12. The Balaban J connectivity index is 2.65. The number of hydrogen-bond acceptors (Lipinski definition) is 1. The Morgan fingerprint density at radius 2 is 1.94 bits per heavy atom. The molecule has 17 heavy (non-hydrogen) atoms. The summed E-state index contributed by atoms with van der Waals surface area (Å²) in [5.41, 5.74) is 0.915. The third kappa shape index (κ3) is 5.25. The largest absolute Gasteiger partial charge is 0.378 e. The first-order valence-corrected chi connectivity index (χ1v) is 7.27. The number of benzene rings is 1. The van der Waals surface area contributed by atoms with Gasteiger partial charge < -0.3 is 5.11 Å². The zero-order valence-electron chi connectivity index (χ0n) is 9.79. The van der Waals surface area contributed by atoms with Crippen molar-refractivity contribution in [1.82, 2.24) is 0 Å². The minimum atomic E-state index is -0.728. The second kappa shape index (κ2) is 7.20. The molecular weight excluding hydrogens is 344 g/mol. The summed E-state index contributed by atoms with van der Waals surface area (Å²) in [4.78, 5) is 0. The highest BCUT2D eigenvalue weighted by Crippen LogP contribution is 2.35. The Morgan fingerprint density at radius 1 is 1.29 bits per heavy atom. The minimum Gasteiger partial charge on any atom is -0.378 e. The van der Waals surface area contributed by atoms with E-state index in [1.807, 2.05) is 30.3 Å². The number of aliphatic hydroxyl groups is 1. The molecule has 0 radical (unpaired) electrons. The van der Waals surface area contributed by atoms with Crippen LogP contribution in [0, 0.1) is 11.8 Å². The molecule has 0 aromatic heterocycles. The summed E-state index contributed by atoms with van der Waals surface area (Å²) in [6.07, 6.45) is 2.25. The van der Waals surface area contributed by atoms with E-state index < -0.39 is 9.34 Å². The lowest BCUT2D eigenvalue weighted by atomic mass is 10.1. The van der Waals surface area contributed by atoms with Crippen molar-refractivity contribution in [1.29, 1.82) is 0 Å². The second-order valence-electron chi connectivity index (χ2n) is 3.90. The molecule has 0 heterocycles. The Bertz CT molecular complexity index is 390. The normalized spacial score (nSPS) is 12.7. The highest BCUT2D eigenvalue weighted by Gasteiger charge is 2.30. The van der Waals surface area contributed by atoms with Gasteiger partial charge in [-0.05, 0) is 18.6 Å². The van der Waals surface area contributed by atoms with E-state index in [2.05, 4.69) is 50.6 Å². The maximum atomic E-state index is 10.00. The molecule has 1 atom stereocenters. The highest BCUT2D eigenvalue weighted by molar-refractivity contribution is 9.25. The van der Waals surface area contributed by atoms with Crippen molar-refractivity contribution < 1.29 is 5.11 Å². The molecule has 0 amide bonds. The number of unbranched alkanes of at least 4 members (excludes halogenated alkanes) is 1. The molecule has 0 saturated carbocycles. The summed E-state index contributed by atoms with van der Waals surface area (Å²) in [5.74, 6) is 5.83. The topological polar surface area (TPSA) is 20.2 Å². The maximum absolute atomic E-state index is 10.00. The van der Waals surface area contributed by atoms with Crippen LogP contribution < -0.4 is 0 Å². The van der Waals surface area contributed by atoms with E-state index in [1.54, 1.807) is 0 Å². The summed E-state index contributed by atoms with van der Waals surface area (Å²) in [5, 5.41) is 10.00. The van der Waals surface area contributed by atoms with Crippen molar-refractivity contribution in [2.45, 2.75) is 35.5 Å². The van der Waals surface area contributed by atoms with E-state index in [1.165, 1.54) is 0 Å². The Kier molecular flexibility index (Phi) is 6.26. The molecule has 0 bridgehead atoms. The van der Waals surface area contributed by atoms with E-state index >= 15 is 0 Å². The third-order valence-electron chi connectivity index (χ3n) is 2.39. The van der Waals surface area contributed by atoms with Gasteiger partial charge in [0.15, 0.2) is 0 Å². The van der Waals surface area contributed by atoms with Crippen molar-refractivity contribution in [2.24, 2.45) is 0 Å². The summed E-state index contributed by atoms with van der Waals surface area (Å²) in [6, 6.07) is 9.67. The van der Waals surface area contributed by atoms with E-state index in [0.29, 0.717) is 0 Å². The molecule has 1 N–H and O–H groups in total. The summed E-state index contributed by atoms with van der Waals surface area (Å²) >= 11 is 6.97. The van der Waals surface area contributed by atoms with E-state index in [9.17, 15) is 5.11 Å². The zero-order chi connectivity index (χ0) is 12.7. The second-order valence-corrected chi connectivity index (χ2v) is 7.80. The molecule has 0 aliphatic rings. The predicted octanol–water partition coefficient (Wildman–Crippen LogP) is 4.08. The van der Waals surface area contributed by atoms with E-state index in [0.717, 1.165) is 24.8 Å². The van der Waals surface area contributed by atoms with Crippen LogP contribution in [0.5, 0.6) is 0 Å². The van der Waals surface area contributed by atoms with Crippen LogP contribution in [0.1, 0.15) is 31.7 Å². The first-order chi connectivity index (χ1) is 8.06. The van der Waals surface area contributed by atoms with Gasteiger partial charge in [0, 0.05) is 5.56 Å². The van der Waals surface area contributed by atoms with E-state index in [4.69, 9.17) is 0 Å². The smallest absolute Gasteiger partial charge is 0.140 e. The van der Waals surface area contributed by atoms with Crippen LogP contribution in [0.15, 0.2) is 30.3 Å². The van der Waals surface area contributed by atoms with Gasteiger partial charge in [-0.2, -0.15) is 0 Å². The standard InChI is InChI=1S/C14H16Br2O/c1-2-3-11-14(15,16)13(17)10-9-12-7-5-4-6-8-12/h4-8,13,17H,2-3,11H2,1H3/t13-/m1/s1.